The number of nitrogens with one attached hydrogen (secondary N) is 2. The van der Waals surface area contributed by atoms with Crippen molar-refractivity contribution in [2.24, 2.45) is 5.92 Å². The number of carbonyl (C=O) groups excluding carboxylic acids is 1. The minimum absolute atomic E-state index is 0.130. The van der Waals surface area contributed by atoms with Crippen molar-refractivity contribution in [1.82, 2.24) is 15.3 Å². The third kappa shape index (κ3) is 3.81. The van der Waals surface area contributed by atoms with Crippen molar-refractivity contribution in [3.05, 3.63) is 63.3 Å². The number of hydrogen-bond donors (Lipinski definition) is 2. The molecular weight excluding hydrogens is 278 g/mol. The predicted molar refractivity (Wildman–Crippen MR) is 85.8 cm³/mol. The van der Waals surface area contributed by atoms with Crippen LogP contribution in [0.2, 0.25) is 0 Å². The lowest BCUT2D eigenvalue weighted by Crippen LogP contribution is -2.33. The maximum atomic E-state index is 12.4. The van der Waals surface area contributed by atoms with E-state index >= 15 is 0 Å². The van der Waals surface area contributed by atoms with Crippen LogP contribution in [0.3, 0.4) is 0 Å². The van der Waals surface area contributed by atoms with Crippen molar-refractivity contribution in [3.63, 3.8) is 0 Å². The Morgan fingerprint density at radius 1 is 1.18 bits per heavy atom. The molecule has 0 unspecified atom stereocenters. The summed E-state index contributed by atoms with van der Waals surface area (Å²) in [5.74, 6) is 0.303. The van der Waals surface area contributed by atoms with Gasteiger partial charge in [-0.25, -0.2) is 4.98 Å². The Morgan fingerprint density at radius 2 is 1.82 bits per heavy atom. The van der Waals surface area contributed by atoms with E-state index in [0.29, 0.717) is 5.82 Å². The first-order chi connectivity index (χ1) is 10.4. The van der Waals surface area contributed by atoms with E-state index in [0.717, 1.165) is 5.56 Å². The van der Waals surface area contributed by atoms with Crippen LogP contribution in [0.5, 0.6) is 0 Å². The molecule has 0 radical (unpaired) electrons. The summed E-state index contributed by atoms with van der Waals surface area (Å²) in [7, 11) is 0. The van der Waals surface area contributed by atoms with Gasteiger partial charge >= 0.3 is 0 Å². The van der Waals surface area contributed by atoms with Gasteiger partial charge in [0.05, 0.1) is 6.04 Å². The molecule has 1 atom stereocenters. The Labute approximate surface area is 129 Å². The molecule has 22 heavy (non-hydrogen) atoms. The molecule has 0 aliphatic carbocycles. The lowest BCUT2D eigenvalue weighted by Gasteiger charge is -2.23. The molecule has 0 saturated carbocycles. The topological polar surface area (TPSA) is 74.8 Å². The van der Waals surface area contributed by atoms with Gasteiger partial charge in [0.2, 0.25) is 0 Å². The van der Waals surface area contributed by atoms with Crippen LogP contribution in [0.15, 0.2) is 35.1 Å². The molecule has 1 aromatic carbocycles. The van der Waals surface area contributed by atoms with Gasteiger partial charge in [0.1, 0.15) is 11.5 Å². The van der Waals surface area contributed by atoms with Gasteiger partial charge in [0, 0.05) is 6.07 Å². The Hall–Kier alpha value is -2.43. The molecule has 0 spiro atoms. The maximum absolute atomic E-state index is 12.4. The fourth-order valence-corrected chi connectivity index (χ4v) is 2.32. The largest absolute Gasteiger partial charge is 0.344 e. The number of nitrogens with zero attached hydrogens (tertiary/aromatic N) is 1. The standard InChI is InChI=1S/C17H21N3O2/c1-10(2)16(13-7-5-11(3)6-8-13)20-17(22)14-9-15(21)19-12(4)18-14/h5-10,16H,1-4H3,(H,20,22)(H,18,19,21)/t16-/m1/s1. The van der Waals surface area contributed by atoms with Crippen molar-refractivity contribution < 1.29 is 4.79 Å². The quantitative estimate of drug-likeness (QED) is 0.911. The van der Waals surface area contributed by atoms with Crippen LogP contribution in [0, 0.1) is 19.8 Å². The summed E-state index contributed by atoms with van der Waals surface area (Å²) in [6.45, 7) is 7.76. The second-order valence-electron chi connectivity index (χ2n) is 5.82. The highest BCUT2D eigenvalue weighted by Gasteiger charge is 2.20. The molecule has 0 fully saturated rings. The minimum Gasteiger partial charge on any atom is -0.344 e. The van der Waals surface area contributed by atoms with E-state index in [1.165, 1.54) is 11.6 Å². The summed E-state index contributed by atoms with van der Waals surface area (Å²) < 4.78 is 0. The molecule has 5 heteroatoms. The molecule has 2 aromatic rings. The van der Waals surface area contributed by atoms with Crippen molar-refractivity contribution in [2.45, 2.75) is 33.7 Å². The van der Waals surface area contributed by atoms with Gasteiger partial charge in [-0.2, -0.15) is 0 Å². The van der Waals surface area contributed by atoms with E-state index in [2.05, 4.69) is 15.3 Å². The average Bonchev–Trinajstić information content (AvgIpc) is 2.44. The van der Waals surface area contributed by atoms with Gasteiger partial charge in [0.15, 0.2) is 0 Å². The number of amides is 1. The van der Waals surface area contributed by atoms with Gasteiger partial charge in [-0.15, -0.1) is 0 Å². The number of H-pyrrole nitrogens is 1. The first-order valence-corrected chi connectivity index (χ1v) is 7.32. The van der Waals surface area contributed by atoms with Crippen molar-refractivity contribution in [2.75, 3.05) is 0 Å². The van der Waals surface area contributed by atoms with E-state index in [1.54, 1.807) is 6.92 Å². The van der Waals surface area contributed by atoms with Crippen LogP contribution in [0.4, 0.5) is 0 Å². The summed E-state index contributed by atoms with van der Waals surface area (Å²) in [5, 5.41) is 2.97. The molecule has 0 bridgehead atoms. The highest BCUT2D eigenvalue weighted by atomic mass is 16.2. The summed E-state index contributed by atoms with van der Waals surface area (Å²) in [6, 6.07) is 9.15. The van der Waals surface area contributed by atoms with Crippen LogP contribution < -0.4 is 10.9 Å². The Balaban J connectivity index is 2.26. The van der Waals surface area contributed by atoms with Gasteiger partial charge in [-0.1, -0.05) is 43.7 Å². The smallest absolute Gasteiger partial charge is 0.270 e. The van der Waals surface area contributed by atoms with E-state index < -0.39 is 0 Å². The zero-order valence-corrected chi connectivity index (χ0v) is 13.3. The molecule has 116 valence electrons. The Morgan fingerprint density at radius 3 is 2.36 bits per heavy atom. The van der Waals surface area contributed by atoms with E-state index in [1.807, 2.05) is 45.0 Å². The molecule has 5 nitrogen and oxygen atoms in total. The van der Waals surface area contributed by atoms with Crippen LogP contribution in [-0.2, 0) is 0 Å². The normalized spacial score (nSPS) is 12.2. The first kappa shape index (κ1) is 15.9. The second kappa shape index (κ2) is 6.56. The van der Waals surface area contributed by atoms with Crippen LogP contribution >= 0.6 is 0 Å². The Bertz CT molecular complexity index is 717. The number of aromatic nitrogens is 2. The lowest BCUT2D eigenvalue weighted by atomic mass is 9.95. The lowest BCUT2D eigenvalue weighted by molar-refractivity contribution is 0.0920. The third-order valence-corrected chi connectivity index (χ3v) is 3.48. The highest BCUT2D eigenvalue weighted by Crippen LogP contribution is 2.22. The fraction of sp³-hybridized carbons (Fsp3) is 0.353. The number of aryl methyl sites for hydroxylation is 2. The van der Waals surface area contributed by atoms with E-state index in [4.69, 9.17) is 0 Å². The zero-order chi connectivity index (χ0) is 16.3. The summed E-state index contributed by atoms with van der Waals surface area (Å²) in [4.78, 5) is 30.5. The minimum atomic E-state index is -0.339. The fourth-order valence-electron chi connectivity index (χ4n) is 2.32. The van der Waals surface area contributed by atoms with Crippen molar-refractivity contribution in [1.29, 1.82) is 0 Å². The van der Waals surface area contributed by atoms with E-state index in [9.17, 15) is 9.59 Å². The number of rotatable bonds is 4. The average molecular weight is 299 g/mol. The number of benzene rings is 1. The summed E-state index contributed by atoms with van der Waals surface area (Å²) >= 11 is 0. The Kier molecular flexibility index (Phi) is 4.75. The summed E-state index contributed by atoms with van der Waals surface area (Å²) in [6.07, 6.45) is 0. The molecular formula is C17H21N3O2. The number of carbonyl (C=O) groups is 1. The molecule has 2 rings (SSSR count). The maximum Gasteiger partial charge on any atom is 0.270 e. The molecule has 2 N–H and O–H groups in total. The van der Waals surface area contributed by atoms with Gasteiger partial charge in [-0.3, -0.25) is 9.59 Å². The SMILES string of the molecule is Cc1ccc([C@H](NC(=O)c2cc(=O)[nH]c(C)n2)C(C)C)cc1. The van der Waals surface area contributed by atoms with Gasteiger partial charge < -0.3 is 10.3 Å². The van der Waals surface area contributed by atoms with Crippen molar-refractivity contribution >= 4 is 5.91 Å². The monoisotopic (exact) mass is 299 g/mol. The predicted octanol–water partition coefficient (Wildman–Crippen LogP) is 2.51. The van der Waals surface area contributed by atoms with Crippen LogP contribution in [0.1, 0.15) is 47.3 Å². The van der Waals surface area contributed by atoms with Gasteiger partial charge in [-0.05, 0) is 25.3 Å². The molecule has 1 heterocycles. The number of hydrogen-bond acceptors (Lipinski definition) is 3. The van der Waals surface area contributed by atoms with E-state index in [-0.39, 0.29) is 29.1 Å². The summed E-state index contributed by atoms with van der Waals surface area (Å²) in [5.41, 5.74) is 2.02. The highest BCUT2D eigenvalue weighted by molar-refractivity contribution is 5.92. The van der Waals surface area contributed by atoms with Gasteiger partial charge in [0.25, 0.3) is 11.5 Å². The van der Waals surface area contributed by atoms with Crippen molar-refractivity contribution in [3.8, 4) is 0 Å². The van der Waals surface area contributed by atoms with Crippen LogP contribution in [0.25, 0.3) is 0 Å². The molecule has 1 aromatic heterocycles. The first-order valence-electron chi connectivity index (χ1n) is 7.32. The third-order valence-electron chi connectivity index (χ3n) is 3.48. The molecule has 0 saturated heterocycles. The second-order valence-corrected chi connectivity index (χ2v) is 5.82. The molecule has 1 amide bonds. The molecule has 0 aliphatic heterocycles. The zero-order valence-electron chi connectivity index (χ0n) is 13.3. The number of aromatic amines is 1. The molecule has 0 aliphatic rings. The van der Waals surface area contributed by atoms with Crippen LogP contribution in [-0.4, -0.2) is 15.9 Å².